The van der Waals surface area contributed by atoms with Gasteiger partial charge in [0.1, 0.15) is 0 Å². The van der Waals surface area contributed by atoms with E-state index in [1.807, 2.05) is 11.9 Å². The van der Waals surface area contributed by atoms with Crippen LogP contribution >= 0.6 is 12.4 Å². The molecule has 0 bridgehead atoms. The van der Waals surface area contributed by atoms with Crippen LogP contribution in [-0.2, 0) is 9.59 Å². The van der Waals surface area contributed by atoms with E-state index in [9.17, 15) is 9.59 Å². The number of nitrogens with two attached hydrogens (primary N) is 1. The average Bonchev–Trinajstić information content (AvgIpc) is 3.30. The van der Waals surface area contributed by atoms with E-state index in [0.717, 1.165) is 32.2 Å². The number of carbonyl (C=O) groups excluding carboxylic acids is 2. The quantitative estimate of drug-likeness (QED) is 0.830. The van der Waals surface area contributed by atoms with Crippen molar-refractivity contribution in [2.24, 2.45) is 23.0 Å². The molecule has 2 rings (SSSR count). The van der Waals surface area contributed by atoms with Crippen molar-refractivity contribution in [3.63, 3.8) is 0 Å². The van der Waals surface area contributed by atoms with Gasteiger partial charge >= 0.3 is 0 Å². The van der Waals surface area contributed by atoms with Gasteiger partial charge in [-0.3, -0.25) is 9.59 Å². The second-order valence-corrected chi connectivity index (χ2v) is 7.46. The zero-order valence-corrected chi connectivity index (χ0v) is 14.8. The zero-order valence-electron chi connectivity index (χ0n) is 14.0. The summed E-state index contributed by atoms with van der Waals surface area (Å²) in [6, 6.07) is 0. The number of halogens is 1. The number of hydrogen-bond donors (Lipinski definition) is 1. The van der Waals surface area contributed by atoms with Crippen molar-refractivity contribution in [1.29, 1.82) is 0 Å². The van der Waals surface area contributed by atoms with Gasteiger partial charge < -0.3 is 15.5 Å². The Labute approximate surface area is 140 Å². The van der Waals surface area contributed by atoms with Crippen molar-refractivity contribution in [2.45, 2.75) is 39.5 Å². The van der Waals surface area contributed by atoms with Crippen LogP contribution in [0.4, 0.5) is 0 Å². The summed E-state index contributed by atoms with van der Waals surface area (Å²) in [5.74, 6) is 0.620. The van der Waals surface area contributed by atoms with Crippen LogP contribution in [0, 0.1) is 17.3 Å². The highest BCUT2D eigenvalue weighted by Crippen LogP contribution is 2.32. The number of amides is 2. The number of likely N-dealkylation sites (tertiary alicyclic amines) is 1. The summed E-state index contributed by atoms with van der Waals surface area (Å²) in [4.78, 5) is 28.5. The maximum atomic E-state index is 12.6. The normalized spacial score (nSPS) is 22.0. The van der Waals surface area contributed by atoms with Gasteiger partial charge in [-0.2, -0.15) is 0 Å². The summed E-state index contributed by atoms with van der Waals surface area (Å²) < 4.78 is 0. The summed E-state index contributed by atoms with van der Waals surface area (Å²) >= 11 is 0. The monoisotopic (exact) mass is 331 g/mol. The average molecular weight is 332 g/mol. The molecule has 0 spiro atoms. The van der Waals surface area contributed by atoms with Crippen molar-refractivity contribution >= 4 is 24.2 Å². The fourth-order valence-corrected chi connectivity index (χ4v) is 3.06. The summed E-state index contributed by atoms with van der Waals surface area (Å²) in [5.41, 5.74) is 5.68. The Kier molecular flexibility index (Phi) is 6.68. The fourth-order valence-electron chi connectivity index (χ4n) is 3.06. The second-order valence-electron chi connectivity index (χ2n) is 7.46. The Morgan fingerprint density at radius 2 is 1.86 bits per heavy atom. The lowest BCUT2D eigenvalue weighted by molar-refractivity contribution is -0.141. The van der Waals surface area contributed by atoms with Gasteiger partial charge in [0.15, 0.2) is 0 Å². The molecule has 1 saturated carbocycles. The van der Waals surface area contributed by atoms with E-state index < -0.39 is 0 Å². The molecule has 1 heterocycles. The van der Waals surface area contributed by atoms with Gasteiger partial charge in [-0.25, -0.2) is 0 Å². The Balaban J connectivity index is 0.00000242. The lowest BCUT2D eigenvalue weighted by Crippen LogP contribution is -2.48. The molecule has 0 radical (unpaired) electrons. The highest BCUT2D eigenvalue weighted by atomic mass is 35.5. The summed E-state index contributed by atoms with van der Waals surface area (Å²) in [5, 5.41) is 0. The van der Waals surface area contributed by atoms with Crippen molar-refractivity contribution in [1.82, 2.24) is 9.80 Å². The van der Waals surface area contributed by atoms with Crippen LogP contribution in [0.25, 0.3) is 0 Å². The molecule has 1 aliphatic carbocycles. The minimum atomic E-state index is -0.0669. The number of hydrogen-bond acceptors (Lipinski definition) is 3. The third-order valence-corrected chi connectivity index (χ3v) is 4.60. The van der Waals surface area contributed by atoms with Crippen molar-refractivity contribution in [3.8, 4) is 0 Å². The maximum absolute atomic E-state index is 12.6. The minimum absolute atomic E-state index is 0. The summed E-state index contributed by atoms with van der Waals surface area (Å²) in [7, 11) is 1.85. The molecular weight excluding hydrogens is 302 g/mol. The number of piperidine rings is 1. The van der Waals surface area contributed by atoms with Crippen LogP contribution in [0.3, 0.4) is 0 Å². The zero-order chi connectivity index (χ0) is 15.6. The Morgan fingerprint density at radius 1 is 1.23 bits per heavy atom. The molecule has 0 aromatic heterocycles. The first-order valence-corrected chi connectivity index (χ1v) is 8.08. The first kappa shape index (κ1) is 19.2. The highest BCUT2D eigenvalue weighted by Gasteiger charge is 2.37. The Hall–Kier alpha value is -0.810. The van der Waals surface area contributed by atoms with Crippen LogP contribution in [0.15, 0.2) is 0 Å². The predicted molar refractivity (Wildman–Crippen MR) is 89.7 cm³/mol. The molecule has 2 amide bonds. The third kappa shape index (κ3) is 4.85. The van der Waals surface area contributed by atoms with E-state index in [1.54, 1.807) is 4.90 Å². The van der Waals surface area contributed by atoms with Gasteiger partial charge in [-0.05, 0) is 37.6 Å². The molecule has 2 N–H and O–H groups in total. The van der Waals surface area contributed by atoms with E-state index >= 15 is 0 Å². The SMILES string of the molecule is CN(CC(C)(C)CN)C(=O)C1CCCN(C(=O)C2CC2)C1.Cl. The molecule has 5 nitrogen and oxygen atoms in total. The lowest BCUT2D eigenvalue weighted by atomic mass is 9.91. The van der Waals surface area contributed by atoms with Gasteiger partial charge in [-0.1, -0.05) is 13.8 Å². The van der Waals surface area contributed by atoms with Crippen molar-refractivity contribution < 1.29 is 9.59 Å². The van der Waals surface area contributed by atoms with Gasteiger partial charge in [0.05, 0.1) is 5.92 Å². The predicted octanol–water partition coefficient (Wildman–Crippen LogP) is 1.50. The molecular formula is C16H30ClN3O2. The molecule has 1 saturated heterocycles. The summed E-state index contributed by atoms with van der Waals surface area (Å²) in [6.07, 6.45) is 3.88. The smallest absolute Gasteiger partial charge is 0.227 e. The largest absolute Gasteiger partial charge is 0.345 e. The van der Waals surface area contributed by atoms with Gasteiger partial charge in [0.25, 0.3) is 0 Å². The molecule has 1 aliphatic heterocycles. The number of rotatable bonds is 5. The molecule has 128 valence electrons. The first-order valence-electron chi connectivity index (χ1n) is 8.08. The molecule has 22 heavy (non-hydrogen) atoms. The van der Waals surface area contributed by atoms with Crippen LogP contribution in [0.2, 0.25) is 0 Å². The molecule has 1 atom stereocenters. The van der Waals surface area contributed by atoms with E-state index in [2.05, 4.69) is 13.8 Å². The van der Waals surface area contributed by atoms with Crippen LogP contribution < -0.4 is 5.73 Å². The molecule has 1 unspecified atom stereocenters. The maximum Gasteiger partial charge on any atom is 0.227 e. The van der Waals surface area contributed by atoms with E-state index in [1.165, 1.54) is 0 Å². The first-order chi connectivity index (χ1) is 9.84. The van der Waals surface area contributed by atoms with Gasteiger partial charge in [-0.15, -0.1) is 12.4 Å². The fraction of sp³-hybridized carbons (Fsp3) is 0.875. The minimum Gasteiger partial charge on any atom is -0.345 e. The number of nitrogens with zero attached hydrogens (tertiary/aromatic N) is 2. The lowest BCUT2D eigenvalue weighted by Gasteiger charge is -2.36. The van der Waals surface area contributed by atoms with Crippen LogP contribution in [-0.4, -0.2) is 54.8 Å². The van der Waals surface area contributed by atoms with Gasteiger partial charge in [0.2, 0.25) is 11.8 Å². The van der Waals surface area contributed by atoms with E-state index in [4.69, 9.17) is 5.73 Å². The standard InChI is InChI=1S/C16H29N3O2.ClH/c1-16(2,10-17)11-18(3)14(20)13-5-4-8-19(9-13)15(21)12-6-7-12;/h12-13H,4-11,17H2,1-3H3;1H. The van der Waals surface area contributed by atoms with Crippen LogP contribution in [0.1, 0.15) is 39.5 Å². The van der Waals surface area contributed by atoms with E-state index in [-0.39, 0.29) is 41.5 Å². The summed E-state index contributed by atoms with van der Waals surface area (Å²) in [6.45, 7) is 6.77. The van der Waals surface area contributed by atoms with Crippen LogP contribution in [0.5, 0.6) is 0 Å². The van der Waals surface area contributed by atoms with E-state index in [0.29, 0.717) is 19.6 Å². The third-order valence-electron chi connectivity index (χ3n) is 4.60. The Bertz CT molecular complexity index is 410. The van der Waals surface area contributed by atoms with Gasteiger partial charge in [0, 0.05) is 32.6 Å². The highest BCUT2D eigenvalue weighted by molar-refractivity contribution is 5.85. The van der Waals surface area contributed by atoms with Crippen molar-refractivity contribution in [3.05, 3.63) is 0 Å². The second kappa shape index (κ2) is 7.64. The number of carbonyl (C=O) groups is 2. The van der Waals surface area contributed by atoms with Crippen molar-refractivity contribution in [2.75, 3.05) is 33.2 Å². The Morgan fingerprint density at radius 3 is 2.41 bits per heavy atom. The molecule has 2 fully saturated rings. The molecule has 2 aliphatic rings. The topological polar surface area (TPSA) is 66.6 Å². The molecule has 0 aromatic carbocycles. The molecule has 6 heteroatoms. The molecule has 0 aromatic rings.